The fraction of sp³-hybridized carbons (Fsp3) is 0.211. The number of fused-ring (bicyclic) bond motifs is 3. The molecule has 0 bridgehead atoms. The second kappa shape index (κ2) is 5.47. The van der Waals surface area contributed by atoms with E-state index in [2.05, 4.69) is 12.1 Å². The SMILES string of the molecule is O=[N+]([O-])c1ccc(-c2nc3ccccc3c3c2CCCC3)cc1. The van der Waals surface area contributed by atoms with Crippen LogP contribution in [0.4, 0.5) is 5.69 Å². The zero-order chi connectivity index (χ0) is 15.8. The van der Waals surface area contributed by atoms with Crippen LogP contribution in [0, 0.1) is 10.1 Å². The normalized spacial score (nSPS) is 13.7. The van der Waals surface area contributed by atoms with E-state index in [-0.39, 0.29) is 10.6 Å². The molecule has 23 heavy (non-hydrogen) atoms. The van der Waals surface area contributed by atoms with Gasteiger partial charge in [-0.1, -0.05) is 18.2 Å². The Labute approximate surface area is 133 Å². The molecule has 1 aliphatic rings. The Morgan fingerprint density at radius 1 is 0.913 bits per heavy atom. The highest BCUT2D eigenvalue weighted by atomic mass is 16.6. The van der Waals surface area contributed by atoms with Gasteiger partial charge in [-0.3, -0.25) is 10.1 Å². The van der Waals surface area contributed by atoms with Crippen molar-refractivity contribution in [2.75, 3.05) is 0 Å². The van der Waals surface area contributed by atoms with Crippen LogP contribution in [-0.4, -0.2) is 9.91 Å². The van der Waals surface area contributed by atoms with Crippen molar-refractivity contribution in [3.63, 3.8) is 0 Å². The second-order valence-electron chi connectivity index (χ2n) is 5.95. The highest BCUT2D eigenvalue weighted by Gasteiger charge is 2.19. The Morgan fingerprint density at radius 2 is 1.61 bits per heavy atom. The predicted molar refractivity (Wildman–Crippen MR) is 90.5 cm³/mol. The minimum absolute atomic E-state index is 0.114. The Hall–Kier alpha value is -2.75. The molecule has 0 radical (unpaired) electrons. The zero-order valence-corrected chi connectivity index (χ0v) is 12.7. The number of benzene rings is 2. The van der Waals surface area contributed by atoms with Gasteiger partial charge in [0.15, 0.2) is 0 Å². The van der Waals surface area contributed by atoms with Crippen molar-refractivity contribution in [1.29, 1.82) is 0 Å². The lowest BCUT2D eigenvalue weighted by Crippen LogP contribution is -2.07. The Morgan fingerprint density at radius 3 is 2.35 bits per heavy atom. The molecule has 1 aromatic heterocycles. The van der Waals surface area contributed by atoms with Crippen LogP contribution in [-0.2, 0) is 12.8 Å². The molecule has 1 aliphatic carbocycles. The van der Waals surface area contributed by atoms with Gasteiger partial charge in [0.25, 0.3) is 5.69 Å². The summed E-state index contributed by atoms with van der Waals surface area (Å²) in [5, 5.41) is 12.1. The first-order valence-electron chi connectivity index (χ1n) is 7.89. The molecule has 0 saturated heterocycles. The minimum atomic E-state index is -0.368. The number of non-ortho nitro benzene ring substituents is 1. The van der Waals surface area contributed by atoms with Gasteiger partial charge >= 0.3 is 0 Å². The molecule has 0 N–H and O–H groups in total. The van der Waals surface area contributed by atoms with Gasteiger partial charge in [-0.2, -0.15) is 0 Å². The van der Waals surface area contributed by atoms with E-state index < -0.39 is 0 Å². The number of nitrogens with zero attached hydrogens (tertiary/aromatic N) is 2. The van der Waals surface area contributed by atoms with Crippen LogP contribution in [0.2, 0.25) is 0 Å². The van der Waals surface area contributed by atoms with E-state index in [1.165, 1.54) is 29.4 Å². The summed E-state index contributed by atoms with van der Waals surface area (Å²) < 4.78 is 0. The summed E-state index contributed by atoms with van der Waals surface area (Å²) in [5.41, 5.74) is 5.76. The van der Waals surface area contributed by atoms with Crippen molar-refractivity contribution in [2.45, 2.75) is 25.7 Å². The average Bonchev–Trinajstić information content (AvgIpc) is 2.61. The van der Waals surface area contributed by atoms with Crippen molar-refractivity contribution in [1.82, 2.24) is 4.98 Å². The molecule has 3 aromatic rings. The number of aryl methyl sites for hydroxylation is 1. The molecule has 4 heteroatoms. The maximum atomic E-state index is 10.8. The summed E-state index contributed by atoms with van der Waals surface area (Å²) in [6, 6.07) is 15.0. The highest BCUT2D eigenvalue weighted by Crippen LogP contribution is 2.35. The number of aromatic nitrogens is 1. The van der Waals surface area contributed by atoms with Gasteiger partial charge in [0.1, 0.15) is 0 Å². The van der Waals surface area contributed by atoms with E-state index >= 15 is 0 Å². The number of pyridine rings is 1. The molecule has 114 valence electrons. The molecule has 0 aliphatic heterocycles. The maximum absolute atomic E-state index is 10.8. The number of rotatable bonds is 2. The molecular formula is C19H16N2O2. The van der Waals surface area contributed by atoms with Crippen LogP contribution in [0.15, 0.2) is 48.5 Å². The lowest BCUT2D eigenvalue weighted by molar-refractivity contribution is -0.384. The van der Waals surface area contributed by atoms with Gasteiger partial charge in [0, 0.05) is 23.1 Å². The third-order valence-electron chi connectivity index (χ3n) is 4.57. The standard InChI is InChI=1S/C19H16N2O2/c22-21(23)14-11-9-13(10-12-14)19-17-7-2-1-5-15(17)16-6-3-4-8-18(16)20-19/h3-4,6,8-12H,1-2,5,7H2. The van der Waals surface area contributed by atoms with Gasteiger partial charge in [0.2, 0.25) is 0 Å². The van der Waals surface area contributed by atoms with Gasteiger partial charge in [-0.05, 0) is 55.0 Å². The lowest BCUT2D eigenvalue weighted by Gasteiger charge is -2.21. The fourth-order valence-corrected chi connectivity index (χ4v) is 3.46. The molecule has 0 saturated carbocycles. The van der Waals surface area contributed by atoms with E-state index in [1.54, 1.807) is 12.1 Å². The zero-order valence-electron chi connectivity index (χ0n) is 12.7. The summed E-state index contributed by atoms with van der Waals surface area (Å²) in [6.07, 6.45) is 4.49. The Balaban J connectivity index is 1.94. The van der Waals surface area contributed by atoms with E-state index in [9.17, 15) is 10.1 Å². The molecular weight excluding hydrogens is 288 g/mol. The molecule has 1 heterocycles. The van der Waals surface area contributed by atoms with Crippen molar-refractivity contribution in [2.24, 2.45) is 0 Å². The van der Waals surface area contributed by atoms with Crippen LogP contribution in [0.1, 0.15) is 24.0 Å². The van der Waals surface area contributed by atoms with Crippen molar-refractivity contribution in [3.05, 3.63) is 69.8 Å². The third-order valence-corrected chi connectivity index (χ3v) is 4.57. The van der Waals surface area contributed by atoms with Crippen LogP contribution in [0.5, 0.6) is 0 Å². The van der Waals surface area contributed by atoms with E-state index in [0.717, 1.165) is 29.6 Å². The molecule has 0 spiro atoms. The number of hydrogen-bond acceptors (Lipinski definition) is 3. The van der Waals surface area contributed by atoms with Crippen LogP contribution in [0.25, 0.3) is 22.2 Å². The summed E-state index contributed by atoms with van der Waals surface area (Å²) in [4.78, 5) is 15.3. The smallest absolute Gasteiger partial charge is 0.258 e. The number of nitro groups is 1. The highest BCUT2D eigenvalue weighted by molar-refractivity contribution is 5.87. The van der Waals surface area contributed by atoms with Crippen LogP contribution >= 0.6 is 0 Å². The van der Waals surface area contributed by atoms with Gasteiger partial charge < -0.3 is 0 Å². The molecule has 0 atom stereocenters. The molecule has 4 rings (SSSR count). The van der Waals surface area contributed by atoms with Crippen molar-refractivity contribution < 1.29 is 4.92 Å². The largest absolute Gasteiger partial charge is 0.269 e. The fourth-order valence-electron chi connectivity index (χ4n) is 3.46. The van der Waals surface area contributed by atoms with Gasteiger partial charge in [-0.15, -0.1) is 0 Å². The topological polar surface area (TPSA) is 56.0 Å². The van der Waals surface area contributed by atoms with Crippen molar-refractivity contribution in [3.8, 4) is 11.3 Å². The summed E-state index contributed by atoms with van der Waals surface area (Å²) in [7, 11) is 0. The van der Waals surface area contributed by atoms with Gasteiger partial charge in [-0.25, -0.2) is 4.98 Å². The van der Waals surface area contributed by atoms with E-state index in [4.69, 9.17) is 4.98 Å². The summed E-state index contributed by atoms with van der Waals surface area (Å²) >= 11 is 0. The molecule has 0 fully saturated rings. The maximum Gasteiger partial charge on any atom is 0.269 e. The monoisotopic (exact) mass is 304 g/mol. The second-order valence-corrected chi connectivity index (χ2v) is 5.95. The lowest BCUT2D eigenvalue weighted by atomic mass is 9.86. The first-order valence-corrected chi connectivity index (χ1v) is 7.89. The van der Waals surface area contributed by atoms with E-state index in [0.29, 0.717) is 0 Å². The third kappa shape index (κ3) is 2.36. The van der Waals surface area contributed by atoms with Crippen molar-refractivity contribution >= 4 is 16.6 Å². The molecule has 2 aromatic carbocycles. The van der Waals surface area contributed by atoms with Crippen LogP contribution in [0.3, 0.4) is 0 Å². The molecule has 0 amide bonds. The predicted octanol–water partition coefficient (Wildman–Crippen LogP) is 4.69. The van der Waals surface area contributed by atoms with E-state index in [1.807, 2.05) is 24.3 Å². The minimum Gasteiger partial charge on any atom is -0.258 e. The quantitative estimate of drug-likeness (QED) is 0.510. The first-order chi connectivity index (χ1) is 11.2. The number of nitro benzene ring substituents is 1. The number of hydrogen-bond donors (Lipinski definition) is 0. The summed E-state index contributed by atoms with van der Waals surface area (Å²) in [5.74, 6) is 0. The Bertz CT molecular complexity index is 901. The number of para-hydroxylation sites is 1. The average molecular weight is 304 g/mol. The van der Waals surface area contributed by atoms with Gasteiger partial charge in [0.05, 0.1) is 16.1 Å². The first kappa shape index (κ1) is 13.9. The Kier molecular flexibility index (Phi) is 3.30. The molecule has 0 unspecified atom stereocenters. The van der Waals surface area contributed by atoms with Crippen LogP contribution < -0.4 is 0 Å². The summed E-state index contributed by atoms with van der Waals surface area (Å²) in [6.45, 7) is 0. The molecule has 4 nitrogen and oxygen atoms in total.